The van der Waals surface area contributed by atoms with Gasteiger partial charge in [-0.1, -0.05) is 29.8 Å². The van der Waals surface area contributed by atoms with Crippen molar-refractivity contribution in [2.75, 3.05) is 13.7 Å². The molecule has 1 rings (SSSR count). The van der Waals surface area contributed by atoms with Gasteiger partial charge < -0.3 is 10.1 Å². The summed E-state index contributed by atoms with van der Waals surface area (Å²) in [4.78, 5) is 0. The van der Waals surface area contributed by atoms with Crippen molar-refractivity contribution in [3.8, 4) is 5.75 Å². The molecule has 1 N–H and O–H groups in total. The van der Waals surface area contributed by atoms with E-state index in [1.54, 1.807) is 7.11 Å². The highest BCUT2D eigenvalue weighted by molar-refractivity contribution is 9.10. The van der Waals surface area contributed by atoms with Crippen LogP contribution in [-0.4, -0.2) is 19.7 Å². The average Bonchev–Trinajstić information content (AvgIpc) is 2.36. The molecule has 0 saturated carbocycles. The Morgan fingerprint density at radius 1 is 1.33 bits per heavy atom. The molecule has 0 fully saturated rings. The molecule has 2 atom stereocenters. The fourth-order valence-corrected chi connectivity index (χ4v) is 2.41. The van der Waals surface area contributed by atoms with E-state index in [1.165, 1.54) is 12.0 Å². The highest BCUT2D eigenvalue weighted by Crippen LogP contribution is 2.26. The Bertz CT molecular complexity index is 368. The average molecular weight is 314 g/mol. The fourth-order valence-electron chi connectivity index (χ4n) is 2.00. The molecule has 0 saturated heterocycles. The Balaban J connectivity index is 2.68. The summed E-state index contributed by atoms with van der Waals surface area (Å²) in [7, 11) is 1.73. The molecule has 0 aliphatic carbocycles. The maximum atomic E-state index is 5.42. The second-order valence-corrected chi connectivity index (χ2v) is 5.80. The van der Waals surface area contributed by atoms with Crippen LogP contribution in [0.1, 0.15) is 32.8 Å². The van der Waals surface area contributed by atoms with E-state index in [0.29, 0.717) is 12.0 Å². The molecule has 0 spiro atoms. The zero-order chi connectivity index (χ0) is 13.5. The minimum Gasteiger partial charge on any atom is -0.496 e. The first-order valence-electron chi connectivity index (χ1n) is 6.64. The number of benzene rings is 1. The molecular formula is C15H24BrNO. The smallest absolute Gasteiger partial charge is 0.122 e. The van der Waals surface area contributed by atoms with Crippen LogP contribution in [0.25, 0.3) is 0 Å². The van der Waals surface area contributed by atoms with Crippen molar-refractivity contribution in [2.24, 2.45) is 5.92 Å². The number of hydrogen-bond donors (Lipinski definition) is 1. The van der Waals surface area contributed by atoms with E-state index in [2.05, 4.69) is 48.1 Å². The number of methoxy groups -OCH3 is 1. The van der Waals surface area contributed by atoms with Gasteiger partial charge in [0.15, 0.2) is 0 Å². The predicted molar refractivity (Wildman–Crippen MR) is 81.3 cm³/mol. The molecule has 3 heteroatoms. The molecule has 0 heterocycles. The molecule has 0 radical (unpaired) electrons. The van der Waals surface area contributed by atoms with Crippen LogP contribution in [0.2, 0.25) is 0 Å². The van der Waals surface area contributed by atoms with Crippen molar-refractivity contribution in [3.63, 3.8) is 0 Å². The summed E-state index contributed by atoms with van der Waals surface area (Å²) in [6, 6.07) is 6.72. The fraction of sp³-hybridized carbons (Fsp3) is 0.600. The second-order valence-electron chi connectivity index (χ2n) is 4.88. The van der Waals surface area contributed by atoms with Crippen molar-refractivity contribution in [2.45, 2.75) is 39.7 Å². The van der Waals surface area contributed by atoms with Crippen molar-refractivity contribution in [1.29, 1.82) is 0 Å². The Morgan fingerprint density at radius 2 is 2.06 bits per heavy atom. The van der Waals surface area contributed by atoms with Crippen molar-refractivity contribution >= 4 is 15.9 Å². The normalized spacial score (nSPS) is 14.3. The molecule has 0 bridgehead atoms. The largest absolute Gasteiger partial charge is 0.496 e. The number of halogens is 1. The number of ether oxygens (including phenoxy) is 1. The zero-order valence-electron chi connectivity index (χ0n) is 11.8. The van der Waals surface area contributed by atoms with Gasteiger partial charge in [-0.3, -0.25) is 0 Å². The predicted octanol–water partition coefficient (Wildman–Crippen LogP) is 4.02. The second kappa shape index (κ2) is 7.80. The molecule has 2 unspecified atom stereocenters. The first kappa shape index (κ1) is 15.5. The molecule has 2 nitrogen and oxygen atoms in total. The number of hydrogen-bond acceptors (Lipinski definition) is 2. The molecule has 0 aliphatic rings. The lowest BCUT2D eigenvalue weighted by Gasteiger charge is -2.22. The van der Waals surface area contributed by atoms with Gasteiger partial charge >= 0.3 is 0 Å². The van der Waals surface area contributed by atoms with Crippen LogP contribution >= 0.6 is 15.9 Å². The van der Waals surface area contributed by atoms with Gasteiger partial charge in [0.25, 0.3) is 0 Å². The molecule has 102 valence electrons. The lowest BCUT2D eigenvalue weighted by Crippen LogP contribution is -2.33. The Kier molecular flexibility index (Phi) is 6.72. The zero-order valence-corrected chi connectivity index (χ0v) is 13.4. The van der Waals surface area contributed by atoms with Gasteiger partial charge in [-0.15, -0.1) is 0 Å². The summed E-state index contributed by atoms with van der Waals surface area (Å²) in [5.41, 5.74) is 1.27. The summed E-state index contributed by atoms with van der Waals surface area (Å²) in [5, 5.41) is 3.55. The van der Waals surface area contributed by atoms with Crippen molar-refractivity contribution in [1.82, 2.24) is 5.32 Å². The molecule has 1 aromatic carbocycles. The van der Waals surface area contributed by atoms with Gasteiger partial charge in [0.1, 0.15) is 5.75 Å². The summed E-state index contributed by atoms with van der Waals surface area (Å²) in [6.07, 6.45) is 2.21. The van der Waals surface area contributed by atoms with Crippen LogP contribution in [0.4, 0.5) is 0 Å². The van der Waals surface area contributed by atoms with Crippen molar-refractivity contribution < 1.29 is 4.74 Å². The molecular weight excluding hydrogens is 290 g/mol. The van der Waals surface area contributed by atoms with Crippen LogP contribution < -0.4 is 10.1 Å². The summed E-state index contributed by atoms with van der Waals surface area (Å²) in [5.74, 6) is 1.56. The number of nitrogens with one attached hydrogen (secondary N) is 1. The Morgan fingerprint density at radius 3 is 2.67 bits per heavy atom. The van der Waals surface area contributed by atoms with Crippen LogP contribution in [0.15, 0.2) is 22.7 Å². The van der Waals surface area contributed by atoms with E-state index in [0.717, 1.165) is 23.2 Å². The maximum absolute atomic E-state index is 5.42. The molecule has 18 heavy (non-hydrogen) atoms. The first-order chi connectivity index (χ1) is 8.58. The minimum atomic E-state index is 0.522. The third kappa shape index (κ3) is 4.62. The monoisotopic (exact) mass is 313 g/mol. The van der Waals surface area contributed by atoms with Crippen LogP contribution in [-0.2, 0) is 6.42 Å². The molecule has 0 amide bonds. The summed E-state index contributed by atoms with van der Waals surface area (Å²) >= 11 is 3.52. The van der Waals surface area contributed by atoms with Gasteiger partial charge in [0, 0.05) is 10.5 Å². The first-order valence-corrected chi connectivity index (χ1v) is 7.43. The summed E-state index contributed by atoms with van der Waals surface area (Å²) < 4.78 is 6.53. The quantitative estimate of drug-likeness (QED) is 0.820. The highest BCUT2D eigenvalue weighted by Gasteiger charge is 2.14. The number of rotatable bonds is 7. The lowest BCUT2D eigenvalue weighted by atomic mass is 9.94. The van der Waals surface area contributed by atoms with E-state index < -0.39 is 0 Å². The van der Waals surface area contributed by atoms with Gasteiger partial charge in [-0.05, 0) is 56.0 Å². The van der Waals surface area contributed by atoms with Gasteiger partial charge in [-0.25, -0.2) is 0 Å². The third-order valence-electron chi connectivity index (χ3n) is 3.35. The Hall–Kier alpha value is -0.540. The molecule has 0 aromatic heterocycles. The highest BCUT2D eigenvalue weighted by atomic mass is 79.9. The van der Waals surface area contributed by atoms with E-state index >= 15 is 0 Å². The van der Waals surface area contributed by atoms with Crippen LogP contribution in [0, 0.1) is 5.92 Å². The molecule has 0 aliphatic heterocycles. The van der Waals surface area contributed by atoms with Gasteiger partial charge in [-0.2, -0.15) is 0 Å². The molecule has 1 aromatic rings. The third-order valence-corrected chi connectivity index (χ3v) is 3.85. The van der Waals surface area contributed by atoms with E-state index in [-0.39, 0.29) is 0 Å². The van der Waals surface area contributed by atoms with Crippen molar-refractivity contribution in [3.05, 3.63) is 28.2 Å². The van der Waals surface area contributed by atoms with Crippen LogP contribution in [0.5, 0.6) is 5.75 Å². The Labute approximate surface area is 119 Å². The van der Waals surface area contributed by atoms with Gasteiger partial charge in [0.05, 0.1) is 7.11 Å². The van der Waals surface area contributed by atoms with E-state index in [9.17, 15) is 0 Å². The lowest BCUT2D eigenvalue weighted by molar-refractivity contribution is 0.380. The van der Waals surface area contributed by atoms with Crippen LogP contribution in [0.3, 0.4) is 0 Å². The SMILES string of the molecule is CCCNC(C)C(C)Cc1cc(Br)ccc1OC. The van der Waals surface area contributed by atoms with E-state index in [4.69, 9.17) is 4.74 Å². The van der Waals surface area contributed by atoms with Gasteiger partial charge in [0.2, 0.25) is 0 Å². The maximum Gasteiger partial charge on any atom is 0.122 e. The summed E-state index contributed by atoms with van der Waals surface area (Å²) in [6.45, 7) is 7.82. The minimum absolute atomic E-state index is 0.522. The standard InChI is InChI=1S/C15H24BrNO/c1-5-8-17-12(3)11(2)9-13-10-14(16)6-7-15(13)18-4/h6-7,10-12,17H,5,8-9H2,1-4H3. The topological polar surface area (TPSA) is 21.3 Å². The van der Waals surface area contributed by atoms with E-state index in [1.807, 2.05) is 12.1 Å².